The summed E-state index contributed by atoms with van der Waals surface area (Å²) in [6, 6.07) is 5.25. The van der Waals surface area contributed by atoms with Crippen LogP contribution in [0.2, 0.25) is 0 Å². The first-order valence-corrected chi connectivity index (χ1v) is 14.9. The zero-order valence-electron chi connectivity index (χ0n) is 23.4. The lowest BCUT2D eigenvalue weighted by molar-refractivity contribution is 0.00147. The van der Waals surface area contributed by atoms with Crippen molar-refractivity contribution in [2.75, 3.05) is 43.5 Å². The maximum Gasteiger partial charge on any atom is 0.243 e. The zero-order valence-corrected chi connectivity index (χ0v) is 24.2. The van der Waals surface area contributed by atoms with Crippen molar-refractivity contribution >= 4 is 21.9 Å². The highest BCUT2D eigenvalue weighted by Crippen LogP contribution is 2.39. The molecule has 1 unspecified atom stereocenters. The molecule has 0 amide bonds. The molecule has 3 atom stereocenters. The number of benzene rings is 1. The van der Waals surface area contributed by atoms with E-state index >= 15 is 0 Å². The Balaban J connectivity index is 1.52. The number of ether oxygens (including phenoxy) is 4. The van der Waals surface area contributed by atoms with Crippen LogP contribution in [-0.2, 0) is 19.5 Å². The van der Waals surface area contributed by atoms with Crippen LogP contribution >= 0.6 is 0 Å². The Morgan fingerprint density at radius 1 is 1.10 bits per heavy atom. The highest BCUT2D eigenvalue weighted by atomic mass is 32.2. The van der Waals surface area contributed by atoms with Crippen molar-refractivity contribution in [3.8, 4) is 17.2 Å². The van der Waals surface area contributed by atoms with Crippen molar-refractivity contribution in [1.82, 2.24) is 24.7 Å². The van der Waals surface area contributed by atoms with Crippen LogP contribution in [0.4, 0.5) is 16.3 Å². The fraction of sp³-hybridized carbons (Fsp3) is 0.538. The van der Waals surface area contributed by atoms with Crippen LogP contribution < -0.4 is 19.1 Å². The number of anilines is 2. The van der Waals surface area contributed by atoms with Gasteiger partial charge in [0, 0.05) is 19.7 Å². The lowest BCUT2D eigenvalue weighted by Gasteiger charge is -2.37. The van der Waals surface area contributed by atoms with Crippen LogP contribution in [0.3, 0.4) is 0 Å². The Morgan fingerprint density at radius 3 is 2.41 bits per heavy atom. The van der Waals surface area contributed by atoms with E-state index < -0.39 is 27.2 Å². The van der Waals surface area contributed by atoms with E-state index in [-0.39, 0.29) is 37.1 Å². The first kappa shape index (κ1) is 29.0. The molecule has 3 aromatic rings. The Bertz CT molecular complexity index is 1420. The number of halogens is 1. The van der Waals surface area contributed by atoms with E-state index in [1.807, 2.05) is 13.8 Å². The molecular formula is C26H34FN7O6S. The minimum absolute atomic E-state index is 0.0326. The van der Waals surface area contributed by atoms with E-state index in [0.717, 1.165) is 18.8 Å². The predicted octanol–water partition coefficient (Wildman–Crippen LogP) is 2.88. The van der Waals surface area contributed by atoms with Gasteiger partial charge in [0.25, 0.3) is 0 Å². The summed E-state index contributed by atoms with van der Waals surface area (Å²) >= 11 is 0. The fourth-order valence-corrected chi connectivity index (χ4v) is 6.58. The largest absolute Gasteiger partial charge is 0.494 e. The minimum atomic E-state index is -4.08. The van der Waals surface area contributed by atoms with E-state index in [4.69, 9.17) is 18.9 Å². The van der Waals surface area contributed by atoms with Crippen LogP contribution in [0, 0.1) is 5.82 Å². The third-order valence-electron chi connectivity index (χ3n) is 6.93. The molecular weight excluding hydrogens is 557 g/mol. The molecule has 0 aliphatic carbocycles. The molecule has 5 rings (SSSR count). The molecule has 41 heavy (non-hydrogen) atoms. The number of hydrogen-bond donors (Lipinski definition) is 1. The molecule has 222 valence electrons. The van der Waals surface area contributed by atoms with Crippen molar-refractivity contribution in [3.05, 3.63) is 42.2 Å². The number of aromatic nitrogens is 5. The smallest absolute Gasteiger partial charge is 0.243 e. The van der Waals surface area contributed by atoms with Crippen molar-refractivity contribution in [2.24, 2.45) is 0 Å². The summed E-state index contributed by atoms with van der Waals surface area (Å²) < 4.78 is 68.8. The Kier molecular flexibility index (Phi) is 8.56. The Labute approximate surface area is 238 Å². The number of methoxy groups -OCH3 is 2. The summed E-state index contributed by atoms with van der Waals surface area (Å²) in [5.41, 5.74) is 0.441. The summed E-state index contributed by atoms with van der Waals surface area (Å²) in [7, 11) is -1.05. The second-order valence-corrected chi connectivity index (χ2v) is 12.1. The molecule has 1 aromatic carbocycles. The van der Waals surface area contributed by atoms with Crippen molar-refractivity contribution < 1.29 is 31.8 Å². The first-order valence-electron chi connectivity index (χ1n) is 13.4. The molecule has 0 saturated carbocycles. The van der Waals surface area contributed by atoms with Crippen LogP contribution in [0.5, 0.6) is 11.5 Å². The Morgan fingerprint density at radius 2 is 1.80 bits per heavy atom. The molecule has 4 heterocycles. The molecule has 0 radical (unpaired) electrons. The minimum Gasteiger partial charge on any atom is -0.494 e. The molecule has 2 aliphatic heterocycles. The van der Waals surface area contributed by atoms with E-state index in [2.05, 4.69) is 24.9 Å². The standard InChI is InChI=1S/C26H34FN7O6S/c1-16(2)40-18-11-19(15-33(14-18)25-28-12-17(27)13-29-25)41(35,36)32-26-31-30-24(22-9-6-10-39-22)34(26)23-20(37-3)7-5-8-21(23)38-4/h5,7-8,12-13,16,18-19,22H,6,9-11,14-15H2,1-4H3,(H,31,32)/t18-,19+,22?/m0/s1. The normalized spacial score (nSPS) is 21.3. The molecule has 13 nitrogen and oxygen atoms in total. The van der Waals surface area contributed by atoms with Gasteiger partial charge in [-0.05, 0) is 45.2 Å². The lowest BCUT2D eigenvalue weighted by Crippen LogP contribution is -2.51. The zero-order chi connectivity index (χ0) is 29.1. The number of nitrogens with zero attached hydrogens (tertiary/aromatic N) is 6. The van der Waals surface area contributed by atoms with Gasteiger partial charge in [0.05, 0.1) is 38.8 Å². The highest BCUT2D eigenvalue weighted by Gasteiger charge is 2.39. The quantitative estimate of drug-likeness (QED) is 0.372. The van der Waals surface area contributed by atoms with E-state index in [9.17, 15) is 12.8 Å². The van der Waals surface area contributed by atoms with Gasteiger partial charge in [-0.3, -0.25) is 9.29 Å². The molecule has 2 saturated heterocycles. The summed E-state index contributed by atoms with van der Waals surface area (Å²) in [5.74, 6) is 0.896. The summed E-state index contributed by atoms with van der Waals surface area (Å²) in [5, 5.41) is 7.64. The van der Waals surface area contributed by atoms with Crippen LogP contribution in [-0.4, -0.2) is 84.5 Å². The average Bonchev–Trinajstić information content (AvgIpc) is 3.62. The van der Waals surface area contributed by atoms with Crippen molar-refractivity contribution in [3.63, 3.8) is 0 Å². The second-order valence-electron chi connectivity index (χ2n) is 10.1. The number of piperidine rings is 1. The maximum atomic E-state index is 14.0. The Hall–Kier alpha value is -3.56. The van der Waals surface area contributed by atoms with Gasteiger partial charge in [-0.1, -0.05) is 6.07 Å². The number of hydrogen-bond acceptors (Lipinski definition) is 11. The van der Waals surface area contributed by atoms with Gasteiger partial charge in [-0.2, -0.15) is 0 Å². The summed E-state index contributed by atoms with van der Waals surface area (Å²) in [4.78, 5) is 9.80. The molecule has 0 bridgehead atoms. The third kappa shape index (κ3) is 6.21. The number of sulfonamides is 1. The number of nitrogens with one attached hydrogen (secondary N) is 1. The van der Waals surface area contributed by atoms with Gasteiger partial charge in [0.2, 0.25) is 21.9 Å². The fourth-order valence-electron chi connectivity index (χ4n) is 5.18. The van der Waals surface area contributed by atoms with Crippen molar-refractivity contribution in [1.29, 1.82) is 0 Å². The van der Waals surface area contributed by atoms with E-state index in [1.54, 1.807) is 27.7 Å². The molecule has 15 heteroatoms. The molecule has 0 spiro atoms. The summed E-state index contributed by atoms with van der Waals surface area (Å²) in [6.07, 6.45) is 2.89. The predicted molar refractivity (Wildman–Crippen MR) is 148 cm³/mol. The van der Waals surface area contributed by atoms with Crippen molar-refractivity contribution in [2.45, 2.75) is 56.7 Å². The second kappa shape index (κ2) is 12.1. The molecule has 2 aromatic heterocycles. The van der Waals surface area contributed by atoms with E-state index in [1.165, 1.54) is 14.2 Å². The molecule has 2 fully saturated rings. The van der Waals surface area contributed by atoms with Gasteiger partial charge < -0.3 is 23.8 Å². The topological polar surface area (TPSA) is 143 Å². The van der Waals surface area contributed by atoms with E-state index in [0.29, 0.717) is 42.6 Å². The van der Waals surface area contributed by atoms with Gasteiger partial charge >= 0.3 is 0 Å². The third-order valence-corrected chi connectivity index (χ3v) is 8.62. The van der Waals surface area contributed by atoms with Gasteiger partial charge in [-0.15, -0.1) is 10.2 Å². The lowest BCUT2D eigenvalue weighted by atomic mass is 10.1. The molecule has 2 aliphatic rings. The monoisotopic (exact) mass is 591 g/mol. The highest BCUT2D eigenvalue weighted by molar-refractivity contribution is 7.93. The maximum absolute atomic E-state index is 14.0. The van der Waals surface area contributed by atoms with Crippen LogP contribution in [0.1, 0.15) is 45.0 Å². The SMILES string of the molecule is COc1cccc(OC)c1-n1c(NS(=O)(=O)[C@@H]2C[C@H](OC(C)C)CN(c3ncc(F)cn3)C2)nnc1C1CCCO1. The number of rotatable bonds is 10. The van der Waals surface area contributed by atoms with Crippen LogP contribution in [0.25, 0.3) is 5.69 Å². The number of para-hydroxylation sites is 1. The van der Waals surface area contributed by atoms with Crippen LogP contribution in [0.15, 0.2) is 30.6 Å². The van der Waals surface area contributed by atoms with Gasteiger partial charge in [0.1, 0.15) is 28.5 Å². The first-order chi connectivity index (χ1) is 19.7. The van der Waals surface area contributed by atoms with Gasteiger partial charge in [-0.25, -0.2) is 22.8 Å². The molecule has 1 N–H and O–H groups in total. The average molecular weight is 592 g/mol. The summed E-state index contributed by atoms with van der Waals surface area (Å²) in [6.45, 7) is 4.73. The van der Waals surface area contributed by atoms with Gasteiger partial charge in [0.15, 0.2) is 11.6 Å².